The van der Waals surface area contributed by atoms with Gasteiger partial charge in [-0.25, -0.2) is 4.39 Å². The first-order valence-corrected chi connectivity index (χ1v) is 3.57. The molecule has 1 aromatic rings. The van der Waals surface area contributed by atoms with Gasteiger partial charge in [-0.3, -0.25) is 9.88 Å². The summed E-state index contributed by atoms with van der Waals surface area (Å²) < 4.78 is 13.0. The highest BCUT2D eigenvalue weighted by Crippen LogP contribution is 2.21. The normalized spacial score (nSPS) is 16.9. The summed E-state index contributed by atoms with van der Waals surface area (Å²) in [5.41, 5.74) is 1.83. The van der Waals surface area contributed by atoms with Gasteiger partial charge >= 0.3 is 0 Å². The molecule has 1 aromatic heterocycles. The van der Waals surface area contributed by atoms with Gasteiger partial charge in [0, 0.05) is 24.8 Å². The fraction of sp³-hybridized carbons (Fsp3) is 0.375. The molecule has 0 spiro atoms. The topological polar surface area (TPSA) is 16.1 Å². The molecule has 58 valence electrons. The van der Waals surface area contributed by atoms with E-state index in [1.807, 2.05) is 7.05 Å². The number of rotatable bonds is 0. The lowest BCUT2D eigenvalue weighted by atomic mass is 10.2. The van der Waals surface area contributed by atoms with Gasteiger partial charge in [-0.1, -0.05) is 0 Å². The van der Waals surface area contributed by atoms with E-state index in [9.17, 15) is 4.39 Å². The van der Waals surface area contributed by atoms with Crippen LogP contribution in [-0.2, 0) is 13.1 Å². The molecule has 0 amide bonds. The van der Waals surface area contributed by atoms with Gasteiger partial charge in [-0.15, -0.1) is 0 Å². The number of halogens is 1. The van der Waals surface area contributed by atoms with Gasteiger partial charge in [0.1, 0.15) is 5.82 Å². The van der Waals surface area contributed by atoms with Crippen molar-refractivity contribution in [3.05, 3.63) is 29.3 Å². The zero-order chi connectivity index (χ0) is 7.84. The van der Waals surface area contributed by atoms with Crippen molar-refractivity contribution < 1.29 is 4.39 Å². The van der Waals surface area contributed by atoms with Gasteiger partial charge in [0.25, 0.3) is 0 Å². The zero-order valence-corrected chi connectivity index (χ0v) is 6.34. The van der Waals surface area contributed by atoms with E-state index in [-0.39, 0.29) is 5.82 Å². The highest BCUT2D eigenvalue weighted by molar-refractivity contribution is 5.27. The Hall–Kier alpha value is -0.960. The molecule has 0 fully saturated rings. The zero-order valence-electron chi connectivity index (χ0n) is 6.34. The van der Waals surface area contributed by atoms with Gasteiger partial charge in [0.2, 0.25) is 0 Å². The molecule has 0 atom stereocenters. The molecule has 2 nitrogen and oxygen atoms in total. The summed E-state index contributed by atoms with van der Waals surface area (Å²) in [6.07, 6.45) is 3.01. The molecule has 2 heterocycles. The number of pyridine rings is 1. The Morgan fingerprint density at radius 2 is 2.27 bits per heavy atom. The summed E-state index contributed by atoms with van der Waals surface area (Å²) in [7, 11) is 1.97. The Labute approximate surface area is 64.7 Å². The van der Waals surface area contributed by atoms with Crippen molar-refractivity contribution in [1.82, 2.24) is 9.88 Å². The lowest BCUT2D eigenvalue weighted by molar-refractivity contribution is 0.350. The molecule has 1 aliphatic heterocycles. The fourth-order valence-electron chi connectivity index (χ4n) is 1.43. The highest BCUT2D eigenvalue weighted by Gasteiger charge is 2.18. The predicted molar refractivity (Wildman–Crippen MR) is 39.4 cm³/mol. The lowest BCUT2D eigenvalue weighted by Crippen LogP contribution is -2.07. The lowest BCUT2D eigenvalue weighted by Gasteiger charge is -2.02. The number of hydrogen-bond acceptors (Lipinski definition) is 2. The third-order valence-corrected chi connectivity index (χ3v) is 1.96. The minimum absolute atomic E-state index is 0.174. The van der Waals surface area contributed by atoms with E-state index in [4.69, 9.17) is 0 Å². The van der Waals surface area contributed by atoms with Gasteiger partial charge in [0.05, 0.1) is 6.20 Å². The van der Waals surface area contributed by atoms with Crippen LogP contribution in [-0.4, -0.2) is 16.9 Å². The number of aromatic nitrogens is 1. The minimum atomic E-state index is -0.174. The van der Waals surface area contributed by atoms with E-state index in [1.54, 1.807) is 6.20 Å². The van der Waals surface area contributed by atoms with E-state index in [0.717, 1.165) is 17.7 Å². The molecule has 1 aliphatic rings. The second kappa shape index (κ2) is 2.27. The van der Waals surface area contributed by atoms with Crippen LogP contribution < -0.4 is 0 Å². The summed E-state index contributed by atoms with van der Waals surface area (Å²) in [5.74, 6) is -0.174. The third kappa shape index (κ3) is 1.01. The van der Waals surface area contributed by atoms with Crippen LogP contribution in [0.15, 0.2) is 12.4 Å². The van der Waals surface area contributed by atoms with Crippen molar-refractivity contribution in [2.45, 2.75) is 13.1 Å². The average molecular weight is 152 g/mol. The van der Waals surface area contributed by atoms with Crippen molar-refractivity contribution in [1.29, 1.82) is 0 Å². The summed E-state index contributed by atoms with van der Waals surface area (Å²) >= 11 is 0. The van der Waals surface area contributed by atoms with E-state index in [1.165, 1.54) is 6.20 Å². The maximum absolute atomic E-state index is 13.0. The Balaban J connectivity index is 2.49. The highest BCUT2D eigenvalue weighted by atomic mass is 19.1. The Morgan fingerprint density at radius 1 is 1.45 bits per heavy atom. The summed E-state index contributed by atoms with van der Waals surface area (Å²) in [5, 5.41) is 0. The van der Waals surface area contributed by atoms with Crippen LogP contribution in [0.25, 0.3) is 0 Å². The quantitative estimate of drug-likeness (QED) is 0.554. The molecule has 0 aromatic carbocycles. The molecular weight excluding hydrogens is 143 g/mol. The van der Waals surface area contributed by atoms with E-state index in [2.05, 4.69) is 9.88 Å². The van der Waals surface area contributed by atoms with Crippen molar-refractivity contribution >= 4 is 0 Å². The molecule has 0 bridgehead atoms. The molecule has 0 radical (unpaired) electrons. The number of fused-ring (bicyclic) bond motifs is 1. The molecule has 0 N–H and O–H groups in total. The van der Waals surface area contributed by atoms with E-state index in [0.29, 0.717) is 6.54 Å². The molecule has 0 saturated heterocycles. The standard InChI is InChI=1S/C8H9FN2/c1-11-4-6-2-10-3-8(9)7(6)5-11/h2-3H,4-5H2,1H3. The second-order valence-corrected chi connectivity index (χ2v) is 2.93. The molecule has 0 saturated carbocycles. The molecule has 0 aliphatic carbocycles. The summed E-state index contributed by atoms with van der Waals surface area (Å²) in [6.45, 7) is 1.53. The van der Waals surface area contributed by atoms with E-state index < -0.39 is 0 Å². The van der Waals surface area contributed by atoms with Crippen LogP contribution in [0.1, 0.15) is 11.1 Å². The van der Waals surface area contributed by atoms with Gasteiger partial charge in [0.15, 0.2) is 0 Å². The van der Waals surface area contributed by atoms with Gasteiger partial charge < -0.3 is 0 Å². The predicted octanol–water partition coefficient (Wildman–Crippen LogP) is 1.17. The van der Waals surface area contributed by atoms with Crippen LogP contribution in [0.5, 0.6) is 0 Å². The summed E-state index contributed by atoms with van der Waals surface area (Å²) in [6, 6.07) is 0. The SMILES string of the molecule is CN1Cc2cncc(F)c2C1. The van der Waals surface area contributed by atoms with Crippen LogP contribution in [0.3, 0.4) is 0 Å². The molecule has 2 rings (SSSR count). The van der Waals surface area contributed by atoms with Crippen LogP contribution >= 0.6 is 0 Å². The van der Waals surface area contributed by atoms with Crippen molar-refractivity contribution in [2.24, 2.45) is 0 Å². The average Bonchev–Trinajstić information content (AvgIpc) is 2.31. The van der Waals surface area contributed by atoms with Crippen molar-refractivity contribution in [3.63, 3.8) is 0 Å². The van der Waals surface area contributed by atoms with Crippen LogP contribution in [0.4, 0.5) is 4.39 Å². The smallest absolute Gasteiger partial charge is 0.146 e. The van der Waals surface area contributed by atoms with Crippen molar-refractivity contribution in [2.75, 3.05) is 7.05 Å². The molecular formula is C8H9FN2. The maximum Gasteiger partial charge on any atom is 0.146 e. The first kappa shape index (κ1) is 6.73. The van der Waals surface area contributed by atoms with Crippen LogP contribution in [0, 0.1) is 5.82 Å². The number of hydrogen-bond donors (Lipinski definition) is 0. The fourth-order valence-corrected chi connectivity index (χ4v) is 1.43. The third-order valence-electron chi connectivity index (χ3n) is 1.96. The molecule has 0 unspecified atom stereocenters. The molecule has 11 heavy (non-hydrogen) atoms. The first-order chi connectivity index (χ1) is 5.27. The van der Waals surface area contributed by atoms with Crippen molar-refractivity contribution in [3.8, 4) is 0 Å². The molecule has 3 heteroatoms. The monoisotopic (exact) mass is 152 g/mol. The number of nitrogens with zero attached hydrogens (tertiary/aromatic N) is 2. The minimum Gasteiger partial charge on any atom is -0.298 e. The maximum atomic E-state index is 13.0. The second-order valence-electron chi connectivity index (χ2n) is 2.93. The van der Waals surface area contributed by atoms with Crippen LogP contribution in [0.2, 0.25) is 0 Å². The largest absolute Gasteiger partial charge is 0.298 e. The Bertz CT molecular complexity index is 285. The van der Waals surface area contributed by atoms with E-state index >= 15 is 0 Å². The Kier molecular flexibility index (Phi) is 1.39. The van der Waals surface area contributed by atoms with Gasteiger partial charge in [-0.05, 0) is 12.6 Å². The van der Waals surface area contributed by atoms with Gasteiger partial charge in [-0.2, -0.15) is 0 Å². The Morgan fingerprint density at radius 3 is 3.00 bits per heavy atom. The summed E-state index contributed by atoms with van der Waals surface area (Å²) in [4.78, 5) is 5.85. The first-order valence-electron chi connectivity index (χ1n) is 3.57.